The van der Waals surface area contributed by atoms with Crippen LogP contribution in [0.3, 0.4) is 0 Å². The minimum absolute atomic E-state index is 0.0145. The van der Waals surface area contributed by atoms with Crippen molar-refractivity contribution in [3.05, 3.63) is 35.5 Å². The predicted octanol–water partition coefficient (Wildman–Crippen LogP) is 2.78. The first kappa shape index (κ1) is 17.6. The largest absolute Gasteiger partial charge is 0.416 e. The van der Waals surface area contributed by atoms with Gasteiger partial charge in [-0.2, -0.15) is 18.2 Å². The van der Waals surface area contributed by atoms with Gasteiger partial charge in [0.1, 0.15) is 0 Å². The molecular weight excluding hydrogens is 327 g/mol. The van der Waals surface area contributed by atoms with Gasteiger partial charge in [0.05, 0.1) is 23.5 Å². The monoisotopic (exact) mass is 343 g/mol. The smallest absolute Gasteiger partial charge is 0.376 e. The van der Waals surface area contributed by atoms with Gasteiger partial charge < -0.3 is 20.1 Å². The highest BCUT2D eigenvalue weighted by Gasteiger charge is 2.31. The molecule has 0 aliphatic heterocycles. The van der Waals surface area contributed by atoms with E-state index in [9.17, 15) is 18.0 Å². The molecule has 0 radical (unpaired) electrons. The summed E-state index contributed by atoms with van der Waals surface area (Å²) in [4.78, 5) is 17.4. The number of anilines is 2. The zero-order valence-corrected chi connectivity index (χ0v) is 13.2. The number of carbonyl (C=O) groups excluding carboxylic acids is 1. The Morgan fingerprint density at radius 1 is 1.33 bits per heavy atom. The van der Waals surface area contributed by atoms with Crippen LogP contribution >= 0.6 is 0 Å². The zero-order chi connectivity index (χ0) is 17.9. The Morgan fingerprint density at radius 2 is 2.04 bits per heavy atom. The number of amides is 2. The Kier molecular flexibility index (Phi) is 4.96. The standard InChI is InChI=1S/C14H16F3N5O2/c1-8-19-12(21-24-8)7-18-13(23)20-10-6-9(14(15,16)17)4-5-11(10)22(2)3/h4-6H,7H2,1-3H3,(H2,18,20,23). The zero-order valence-electron chi connectivity index (χ0n) is 13.2. The minimum atomic E-state index is -4.50. The van der Waals surface area contributed by atoms with Crippen LogP contribution in [-0.4, -0.2) is 30.3 Å². The molecule has 0 fully saturated rings. The lowest BCUT2D eigenvalue weighted by Crippen LogP contribution is -2.29. The number of aryl methyl sites for hydroxylation is 1. The summed E-state index contributed by atoms with van der Waals surface area (Å²) in [6.07, 6.45) is -4.50. The van der Waals surface area contributed by atoms with Crippen LogP contribution in [0.1, 0.15) is 17.3 Å². The molecule has 2 N–H and O–H groups in total. The van der Waals surface area contributed by atoms with E-state index in [0.717, 1.165) is 12.1 Å². The molecule has 0 saturated carbocycles. The Hall–Kier alpha value is -2.78. The summed E-state index contributed by atoms with van der Waals surface area (Å²) >= 11 is 0. The van der Waals surface area contributed by atoms with E-state index < -0.39 is 17.8 Å². The number of nitrogens with zero attached hydrogens (tertiary/aromatic N) is 3. The van der Waals surface area contributed by atoms with E-state index in [1.807, 2.05) is 0 Å². The van der Waals surface area contributed by atoms with E-state index in [2.05, 4.69) is 20.8 Å². The highest BCUT2D eigenvalue weighted by Crippen LogP contribution is 2.34. The number of hydrogen-bond acceptors (Lipinski definition) is 5. The molecule has 2 rings (SSSR count). The molecule has 1 aromatic carbocycles. The van der Waals surface area contributed by atoms with Crippen LogP contribution in [0.5, 0.6) is 0 Å². The molecule has 0 aliphatic carbocycles. The van der Waals surface area contributed by atoms with Crippen LogP contribution in [0.4, 0.5) is 29.3 Å². The summed E-state index contributed by atoms with van der Waals surface area (Å²) in [5, 5.41) is 8.46. The number of nitrogens with one attached hydrogen (secondary N) is 2. The number of rotatable bonds is 4. The highest BCUT2D eigenvalue weighted by molar-refractivity contribution is 5.93. The fourth-order valence-electron chi connectivity index (χ4n) is 1.94. The average molecular weight is 343 g/mol. The van der Waals surface area contributed by atoms with E-state index >= 15 is 0 Å². The van der Waals surface area contributed by atoms with Crippen LogP contribution in [0, 0.1) is 6.92 Å². The van der Waals surface area contributed by atoms with Gasteiger partial charge in [0.2, 0.25) is 5.89 Å². The number of alkyl halides is 3. The van der Waals surface area contributed by atoms with E-state index in [1.165, 1.54) is 6.07 Å². The molecule has 0 aliphatic rings. The molecular formula is C14H16F3N5O2. The molecule has 0 bridgehead atoms. The van der Waals surface area contributed by atoms with Crippen molar-refractivity contribution in [2.75, 3.05) is 24.3 Å². The second-order valence-electron chi connectivity index (χ2n) is 5.16. The topological polar surface area (TPSA) is 83.3 Å². The third-order valence-corrected chi connectivity index (χ3v) is 3.03. The summed E-state index contributed by atoms with van der Waals surface area (Å²) in [6.45, 7) is 1.59. The minimum Gasteiger partial charge on any atom is -0.376 e. The second-order valence-corrected chi connectivity index (χ2v) is 5.16. The van der Waals surface area contributed by atoms with Crippen molar-refractivity contribution in [3.8, 4) is 0 Å². The number of halogens is 3. The van der Waals surface area contributed by atoms with Gasteiger partial charge in [0.15, 0.2) is 5.82 Å². The number of aromatic nitrogens is 2. The average Bonchev–Trinajstić information content (AvgIpc) is 2.89. The number of urea groups is 1. The summed E-state index contributed by atoms with van der Waals surface area (Å²) in [7, 11) is 3.32. The lowest BCUT2D eigenvalue weighted by Gasteiger charge is -2.19. The van der Waals surface area contributed by atoms with Crippen LogP contribution in [0.15, 0.2) is 22.7 Å². The number of hydrogen-bond donors (Lipinski definition) is 2. The number of benzene rings is 1. The van der Waals surface area contributed by atoms with E-state index in [4.69, 9.17) is 4.52 Å². The van der Waals surface area contributed by atoms with Gasteiger partial charge in [-0.15, -0.1) is 0 Å². The first-order valence-corrected chi connectivity index (χ1v) is 6.89. The second kappa shape index (κ2) is 6.77. The molecule has 130 valence electrons. The van der Waals surface area contributed by atoms with Crippen molar-refractivity contribution >= 4 is 17.4 Å². The molecule has 0 spiro atoms. The maximum absolute atomic E-state index is 12.8. The lowest BCUT2D eigenvalue weighted by molar-refractivity contribution is -0.137. The first-order chi connectivity index (χ1) is 11.2. The van der Waals surface area contributed by atoms with Gasteiger partial charge in [-0.3, -0.25) is 0 Å². The van der Waals surface area contributed by atoms with Gasteiger partial charge in [0, 0.05) is 21.0 Å². The first-order valence-electron chi connectivity index (χ1n) is 6.89. The quantitative estimate of drug-likeness (QED) is 0.892. The van der Waals surface area contributed by atoms with Gasteiger partial charge in [-0.25, -0.2) is 4.79 Å². The SMILES string of the molecule is Cc1nc(CNC(=O)Nc2cc(C(F)(F)F)ccc2N(C)C)no1. The van der Waals surface area contributed by atoms with Crippen molar-refractivity contribution in [2.24, 2.45) is 0 Å². The molecule has 2 aromatic rings. The van der Waals surface area contributed by atoms with Gasteiger partial charge in [0.25, 0.3) is 0 Å². The Balaban J connectivity index is 2.12. The van der Waals surface area contributed by atoms with Gasteiger partial charge in [-0.1, -0.05) is 5.16 Å². The van der Waals surface area contributed by atoms with Crippen LogP contribution in [0.2, 0.25) is 0 Å². The van der Waals surface area contributed by atoms with Crippen LogP contribution < -0.4 is 15.5 Å². The third kappa shape index (κ3) is 4.37. The van der Waals surface area contributed by atoms with Crippen molar-refractivity contribution in [2.45, 2.75) is 19.6 Å². The Labute approximate surface area is 135 Å². The highest BCUT2D eigenvalue weighted by atomic mass is 19.4. The lowest BCUT2D eigenvalue weighted by atomic mass is 10.1. The molecule has 0 unspecified atom stereocenters. The molecule has 0 atom stereocenters. The Morgan fingerprint density at radius 3 is 2.58 bits per heavy atom. The van der Waals surface area contributed by atoms with E-state index in [1.54, 1.807) is 25.9 Å². The van der Waals surface area contributed by atoms with Crippen LogP contribution in [-0.2, 0) is 12.7 Å². The fraction of sp³-hybridized carbons (Fsp3) is 0.357. The van der Waals surface area contributed by atoms with Gasteiger partial charge in [-0.05, 0) is 18.2 Å². The summed E-state index contributed by atoms with van der Waals surface area (Å²) in [5.41, 5.74) is -0.373. The maximum atomic E-state index is 12.8. The maximum Gasteiger partial charge on any atom is 0.416 e. The molecule has 1 heterocycles. The van der Waals surface area contributed by atoms with Crippen molar-refractivity contribution in [1.82, 2.24) is 15.5 Å². The van der Waals surface area contributed by atoms with E-state index in [-0.39, 0.29) is 18.1 Å². The normalized spacial score (nSPS) is 11.2. The van der Waals surface area contributed by atoms with Crippen molar-refractivity contribution in [3.63, 3.8) is 0 Å². The number of carbonyl (C=O) groups is 1. The molecule has 7 nitrogen and oxygen atoms in total. The van der Waals surface area contributed by atoms with E-state index in [0.29, 0.717) is 11.6 Å². The molecule has 2 amide bonds. The summed E-state index contributed by atoms with van der Waals surface area (Å²) in [6, 6.07) is 2.45. The summed E-state index contributed by atoms with van der Waals surface area (Å²) in [5.74, 6) is 0.611. The third-order valence-electron chi connectivity index (χ3n) is 3.03. The Bertz CT molecular complexity index is 727. The predicted molar refractivity (Wildman–Crippen MR) is 80.7 cm³/mol. The van der Waals surface area contributed by atoms with Crippen molar-refractivity contribution < 1.29 is 22.5 Å². The molecule has 10 heteroatoms. The van der Waals surface area contributed by atoms with Gasteiger partial charge >= 0.3 is 12.2 Å². The molecule has 0 saturated heterocycles. The van der Waals surface area contributed by atoms with Crippen LogP contribution in [0.25, 0.3) is 0 Å². The fourth-order valence-corrected chi connectivity index (χ4v) is 1.94. The molecule has 24 heavy (non-hydrogen) atoms. The summed E-state index contributed by atoms with van der Waals surface area (Å²) < 4.78 is 43.3. The van der Waals surface area contributed by atoms with Crippen molar-refractivity contribution in [1.29, 1.82) is 0 Å². The molecule has 1 aromatic heterocycles.